The second kappa shape index (κ2) is 8.44. The van der Waals surface area contributed by atoms with Crippen molar-refractivity contribution in [1.82, 2.24) is 0 Å². The lowest BCUT2D eigenvalue weighted by atomic mass is 10.2. The molecular formula is C15H24NO5P. The topological polar surface area (TPSA) is 84.9 Å². The molecule has 1 amide bonds. The Kier molecular flexibility index (Phi) is 7.23. The number of anilines is 1. The van der Waals surface area contributed by atoms with Crippen LogP contribution < -0.4 is 5.32 Å². The van der Waals surface area contributed by atoms with Crippen LogP contribution in [0.2, 0.25) is 0 Å². The maximum absolute atomic E-state index is 12.6. The lowest BCUT2D eigenvalue weighted by Crippen LogP contribution is -2.20. The number of aliphatic hydroxyl groups is 1. The molecule has 0 fully saturated rings. The Morgan fingerprint density at radius 1 is 1.23 bits per heavy atom. The SMILES string of the molecule is CC(C)OP(=O)(CC(=O)Nc1cccc(CO)c1)OC(C)C. The van der Waals surface area contributed by atoms with Crippen molar-refractivity contribution in [3.05, 3.63) is 29.8 Å². The van der Waals surface area contributed by atoms with Crippen LogP contribution in [-0.2, 0) is 25.0 Å². The van der Waals surface area contributed by atoms with Crippen LogP contribution in [0, 0.1) is 0 Å². The summed E-state index contributed by atoms with van der Waals surface area (Å²) in [6.45, 7) is 6.82. The molecule has 2 N–H and O–H groups in total. The average Bonchev–Trinajstić information content (AvgIpc) is 2.35. The first-order valence-electron chi connectivity index (χ1n) is 7.19. The van der Waals surface area contributed by atoms with Crippen molar-refractivity contribution in [2.45, 2.75) is 46.5 Å². The van der Waals surface area contributed by atoms with E-state index in [1.807, 2.05) is 0 Å². The van der Waals surface area contributed by atoms with Gasteiger partial charge in [-0.3, -0.25) is 9.36 Å². The summed E-state index contributed by atoms with van der Waals surface area (Å²) in [6.07, 6.45) is -0.975. The molecular weight excluding hydrogens is 305 g/mol. The van der Waals surface area contributed by atoms with Gasteiger partial charge in [-0.15, -0.1) is 0 Å². The van der Waals surface area contributed by atoms with E-state index in [9.17, 15) is 9.36 Å². The maximum Gasteiger partial charge on any atom is 0.340 e. The molecule has 0 aliphatic carbocycles. The summed E-state index contributed by atoms with van der Waals surface area (Å²) in [5, 5.41) is 11.7. The predicted octanol–water partition coefficient (Wildman–Crippen LogP) is 3.16. The highest BCUT2D eigenvalue weighted by Gasteiger charge is 2.31. The van der Waals surface area contributed by atoms with E-state index in [4.69, 9.17) is 14.2 Å². The van der Waals surface area contributed by atoms with E-state index in [-0.39, 0.29) is 25.0 Å². The van der Waals surface area contributed by atoms with Gasteiger partial charge in [0, 0.05) is 5.69 Å². The summed E-state index contributed by atoms with van der Waals surface area (Å²) in [5.74, 6) is -0.459. The molecule has 22 heavy (non-hydrogen) atoms. The first kappa shape index (κ1) is 18.8. The second-order valence-electron chi connectivity index (χ2n) is 5.48. The van der Waals surface area contributed by atoms with Gasteiger partial charge in [0.05, 0.1) is 18.8 Å². The van der Waals surface area contributed by atoms with Crippen LogP contribution in [0.15, 0.2) is 24.3 Å². The Morgan fingerprint density at radius 3 is 2.32 bits per heavy atom. The highest BCUT2D eigenvalue weighted by atomic mass is 31.2. The van der Waals surface area contributed by atoms with Gasteiger partial charge in [-0.25, -0.2) is 0 Å². The molecule has 124 valence electrons. The molecule has 0 saturated carbocycles. The Labute approximate surface area is 131 Å². The molecule has 0 saturated heterocycles. The molecule has 0 aliphatic heterocycles. The zero-order valence-corrected chi connectivity index (χ0v) is 14.3. The molecule has 1 aromatic rings. The third kappa shape index (κ3) is 6.71. The Bertz CT molecular complexity index is 530. The number of carbonyl (C=O) groups excluding carboxylic acids is 1. The number of carbonyl (C=O) groups is 1. The highest BCUT2D eigenvalue weighted by Crippen LogP contribution is 2.50. The van der Waals surface area contributed by atoms with Crippen molar-refractivity contribution in [2.24, 2.45) is 0 Å². The van der Waals surface area contributed by atoms with Crippen molar-refractivity contribution in [3.8, 4) is 0 Å². The van der Waals surface area contributed by atoms with Gasteiger partial charge in [0.15, 0.2) is 0 Å². The number of benzene rings is 1. The Balaban J connectivity index is 2.76. The smallest absolute Gasteiger partial charge is 0.340 e. The molecule has 0 unspecified atom stereocenters. The van der Waals surface area contributed by atoms with Crippen LogP contribution in [-0.4, -0.2) is 29.4 Å². The number of rotatable bonds is 8. The van der Waals surface area contributed by atoms with Gasteiger partial charge >= 0.3 is 7.60 Å². The fourth-order valence-electron chi connectivity index (χ4n) is 1.87. The molecule has 0 spiro atoms. The van der Waals surface area contributed by atoms with Gasteiger partial charge in [-0.05, 0) is 45.4 Å². The summed E-state index contributed by atoms with van der Waals surface area (Å²) in [4.78, 5) is 12.1. The summed E-state index contributed by atoms with van der Waals surface area (Å²) < 4.78 is 23.3. The van der Waals surface area contributed by atoms with Crippen LogP contribution in [0.25, 0.3) is 0 Å². The molecule has 0 radical (unpaired) electrons. The van der Waals surface area contributed by atoms with Gasteiger partial charge in [0.1, 0.15) is 6.16 Å². The monoisotopic (exact) mass is 329 g/mol. The summed E-state index contributed by atoms with van der Waals surface area (Å²) >= 11 is 0. The third-order valence-electron chi connectivity index (χ3n) is 2.47. The summed E-state index contributed by atoms with van der Waals surface area (Å²) in [6, 6.07) is 6.80. The van der Waals surface area contributed by atoms with Crippen molar-refractivity contribution in [3.63, 3.8) is 0 Å². The van der Waals surface area contributed by atoms with Crippen molar-refractivity contribution in [2.75, 3.05) is 11.5 Å². The standard InChI is InChI=1S/C15H24NO5P/c1-11(2)20-22(19,21-12(3)4)10-15(18)16-14-7-5-6-13(8-14)9-17/h5-8,11-12,17H,9-10H2,1-4H3,(H,16,18). The van der Waals surface area contributed by atoms with E-state index in [1.54, 1.807) is 52.0 Å². The number of aliphatic hydroxyl groups excluding tert-OH is 1. The normalized spacial score (nSPS) is 12.0. The molecule has 1 aromatic carbocycles. The van der Waals surface area contributed by atoms with E-state index in [1.165, 1.54) is 0 Å². The molecule has 0 atom stereocenters. The fourth-order valence-corrected chi connectivity index (χ4v) is 3.78. The first-order valence-corrected chi connectivity index (χ1v) is 8.92. The van der Waals surface area contributed by atoms with E-state index in [0.29, 0.717) is 11.3 Å². The zero-order chi connectivity index (χ0) is 16.8. The summed E-state index contributed by atoms with van der Waals surface area (Å²) in [7, 11) is -3.50. The summed E-state index contributed by atoms with van der Waals surface area (Å²) in [5.41, 5.74) is 1.20. The van der Waals surface area contributed by atoms with E-state index in [2.05, 4.69) is 5.32 Å². The molecule has 1 rings (SSSR count). The van der Waals surface area contributed by atoms with Gasteiger partial charge < -0.3 is 19.5 Å². The minimum Gasteiger partial charge on any atom is -0.392 e. The Hall–Kier alpha value is -1.20. The minimum absolute atomic E-state index is 0.116. The van der Waals surface area contributed by atoms with Gasteiger partial charge in [0.2, 0.25) is 5.91 Å². The third-order valence-corrected chi connectivity index (χ3v) is 4.63. The van der Waals surface area contributed by atoms with Crippen LogP contribution in [0.4, 0.5) is 5.69 Å². The van der Waals surface area contributed by atoms with E-state index >= 15 is 0 Å². The first-order chi connectivity index (χ1) is 10.2. The quantitative estimate of drug-likeness (QED) is 0.716. The number of amides is 1. The Morgan fingerprint density at radius 2 is 1.82 bits per heavy atom. The van der Waals surface area contributed by atoms with Crippen molar-refractivity contribution in [1.29, 1.82) is 0 Å². The van der Waals surface area contributed by atoms with E-state index < -0.39 is 13.5 Å². The maximum atomic E-state index is 12.6. The number of nitrogens with one attached hydrogen (secondary N) is 1. The molecule has 6 nitrogen and oxygen atoms in total. The lowest BCUT2D eigenvalue weighted by Gasteiger charge is -2.22. The molecule has 0 aliphatic rings. The average molecular weight is 329 g/mol. The van der Waals surface area contributed by atoms with E-state index in [0.717, 1.165) is 0 Å². The molecule has 7 heteroatoms. The van der Waals surface area contributed by atoms with Crippen molar-refractivity contribution < 1.29 is 23.5 Å². The van der Waals surface area contributed by atoms with Gasteiger partial charge in [-0.1, -0.05) is 12.1 Å². The minimum atomic E-state index is -3.50. The lowest BCUT2D eigenvalue weighted by molar-refractivity contribution is -0.114. The van der Waals surface area contributed by atoms with Gasteiger partial charge in [0.25, 0.3) is 0 Å². The van der Waals surface area contributed by atoms with Crippen molar-refractivity contribution >= 4 is 19.2 Å². The number of hydrogen-bond donors (Lipinski definition) is 2. The molecule has 0 bridgehead atoms. The number of hydrogen-bond acceptors (Lipinski definition) is 5. The van der Waals surface area contributed by atoms with Crippen LogP contribution in [0.5, 0.6) is 0 Å². The van der Waals surface area contributed by atoms with Crippen LogP contribution >= 0.6 is 7.60 Å². The van der Waals surface area contributed by atoms with Crippen LogP contribution in [0.1, 0.15) is 33.3 Å². The highest BCUT2D eigenvalue weighted by molar-refractivity contribution is 7.55. The molecule has 0 aromatic heterocycles. The zero-order valence-electron chi connectivity index (χ0n) is 13.4. The fraction of sp³-hybridized carbons (Fsp3) is 0.533. The second-order valence-corrected chi connectivity index (χ2v) is 7.44. The van der Waals surface area contributed by atoms with Gasteiger partial charge in [-0.2, -0.15) is 0 Å². The van der Waals surface area contributed by atoms with Crippen LogP contribution in [0.3, 0.4) is 0 Å². The largest absolute Gasteiger partial charge is 0.392 e. The predicted molar refractivity (Wildman–Crippen MR) is 85.9 cm³/mol. The molecule has 0 heterocycles.